The molecule has 80 valence electrons. The standard InChI is InChI=1S/C12H16N2O/c1-4-5-13-12(15)14-11-7-9(2)6-10(3)8-11/h4-8H,1-3H3,(H2,13,14,15)/b5-4+. The maximum atomic E-state index is 11.3. The van der Waals surface area contributed by atoms with Gasteiger partial charge in [0.15, 0.2) is 0 Å². The molecule has 0 aliphatic rings. The van der Waals surface area contributed by atoms with Gasteiger partial charge in [0.25, 0.3) is 0 Å². The lowest BCUT2D eigenvalue weighted by Gasteiger charge is -2.06. The number of hydrogen-bond acceptors (Lipinski definition) is 1. The van der Waals surface area contributed by atoms with Gasteiger partial charge in [0.1, 0.15) is 0 Å². The quantitative estimate of drug-likeness (QED) is 0.764. The third-order valence-corrected chi connectivity index (χ3v) is 1.86. The van der Waals surface area contributed by atoms with Gasteiger partial charge in [0.2, 0.25) is 0 Å². The summed E-state index contributed by atoms with van der Waals surface area (Å²) in [6.45, 7) is 5.85. The summed E-state index contributed by atoms with van der Waals surface area (Å²) in [5.41, 5.74) is 3.09. The Hall–Kier alpha value is -1.77. The number of nitrogens with one attached hydrogen (secondary N) is 2. The summed E-state index contributed by atoms with van der Waals surface area (Å²) in [4.78, 5) is 11.3. The molecule has 3 nitrogen and oxygen atoms in total. The fourth-order valence-corrected chi connectivity index (χ4v) is 1.37. The number of rotatable bonds is 2. The second-order valence-electron chi connectivity index (χ2n) is 3.47. The van der Waals surface area contributed by atoms with Gasteiger partial charge in [-0.25, -0.2) is 4.79 Å². The number of benzene rings is 1. The van der Waals surface area contributed by atoms with E-state index in [9.17, 15) is 4.79 Å². The molecule has 0 saturated carbocycles. The van der Waals surface area contributed by atoms with Crippen molar-refractivity contribution in [3.8, 4) is 0 Å². The fraction of sp³-hybridized carbons (Fsp3) is 0.250. The van der Waals surface area contributed by atoms with Crippen molar-refractivity contribution >= 4 is 11.7 Å². The highest BCUT2D eigenvalue weighted by molar-refractivity contribution is 5.90. The van der Waals surface area contributed by atoms with Crippen LogP contribution in [0.5, 0.6) is 0 Å². The van der Waals surface area contributed by atoms with E-state index in [-0.39, 0.29) is 6.03 Å². The first kappa shape index (κ1) is 11.3. The lowest BCUT2D eigenvalue weighted by atomic mass is 10.1. The van der Waals surface area contributed by atoms with Gasteiger partial charge in [0.05, 0.1) is 0 Å². The van der Waals surface area contributed by atoms with Gasteiger partial charge in [0, 0.05) is 11.9 Å². The Balaban J connectivity index is 2.68. The number of anilines is 1. The minimum absolute atomic E-state index is 0.224. The molecule has 3 heteroatoms. The predicted octanol–water partition coefficient (Wildman–Crippen LogP) is 2.96. The summed E-state index contributed by atoms with van der Waals surface area (Å²) in [5.74, 6) is 0. The van der Waals surface area contributed by atoms with Crippen molar-refractivity contribution in [2.75, 3.05) is 5.32 Å². The Morgan fingerprint density at radius 1 is 1.20 bits per heavy atom. The molecular weight excluding hydrogens is 188 g/mol. The maximum absolute atomic E-state index is 11.3. The number of hydrogen-bond donors (Lipinski definition) is 2. The third kappa shape index (κ3) is 3.85. The van der Waals surface area contributed by atoms with Crippen molar-refractivity contribution in [2.24, 2.45) is 0 Å². The zero-order valence-corrected chi connectivity index (χ0v) is 9.29. The van der Waals surface area contributed by atoms with E-state index < -0.39 is 0 Å². The smallest absolute Gasteiger partial charge is 0.315 e. The van der Waals surface area contributed by atoms with Crippen molar-refractivity contribution in [1.82, 2.24) is 5.32 Å². The highest BCUT2D eigenvalue weighted by Gasteiger charge is 1.99. The van der Waals surface area contributed by atoms with Gasteiger partial charge >= 0.3 is 6.03 Å². The molecule has 0 atom stereocenters. The van der Waals surface area contributed by atoms with Crippen LogP contribution in [0.15, 0.2) is 30.5 Å². The molecule has 0 aromatic heterocycles. The number of aryl methyl sites for hydroxylation is 2. The van der Waals surface area contributed by atoms with Crippen molar-refractivity contribution in [1.29, 1.82) is 0 Å². The molecule has 2 amide bonds. The van der Waals surface area contributed by atoms with Gasteiger partial charge in [-0.15, -0.1) is 0 Å². The molecule has 0 fully saturated rings. The van der Waals surface area contributed by atoms with Crippen molar-refractivity contribution in [3.63, 3.8) is 0 Å². The zero-order valence-electron chi connectivity index (χ0n) is 9.29. The zero-order chi connectivity index (χ0) is 11.3. The van der Waals surface area contributed by atoms with Crippen molar-refractivity contribution < 1.29 is 4.79 Å². The molecule has 2 N–H and O–H groups in total. The van der Waals surface area contributed by atoms with Crippen LogP contribution in [0.4, 0.5) is 10.5 Å². The monoisotopic (exact) mass is 204 g/mol. The normalized spacial score (nSPS) is 10.3. The first-order valence-corrected chi connectivity index (χ1v) is 4.89. The number of amides is 2. The average Bonchev–Trinajstić information content (AvgIpc) is 2.13. The molecule has 1 aromatic carbocycles. The molecule has 0 bridgehead atoms. The number of urea groups is 1. The first-order valence-electron chi connectivity index (χ1n) is 4.89. The number of allylic oxidation sites excluding steroid dienone is 1. The van der Waals surface area contributed by atoms with E-state index in [1.807, 2.05) is 32.9 Å². The largest absolute Gasteiger partial charge is 0.323 e. The summed E-state index contributed by atoms with van der Waals surface area (Å²) in [7, 11) is 0. The van der Waals surface area contributed by atoms with E-state index >= 15 is 0 Å². The Labute approximate surface area is 90.2 Å². The van der Waals surface area contributed by atoms with E-state index in [1.54, 1.807) is 12.3 Å². The highest BCUT2D eigenvalue weighted by atomic mass is 16.2. The number of carbonyl (C=O) groups is 1. The van der Waals surface area contributed by atoms with Crippen molar-refractivity contribution in [2.45, 2.75) is 20.8 Å². The van der Waals surface area contributed by atoms with E-state index in [1.165, 1.54) is 0 Å². The Bertz CT molecular complexity index is 363. The molecule has 0 heterocycles. The molecule has 0 saturated heterocycles. The van der Waals surface area contributed by atoms with Crippen LogP contribution in [0.25, 0.3) is 0 Å². The minimum Gasteiger partial charge on any atom is -0.315 e. The maximum Gasteiger partial charge on any atom is 0.323 e. The van der Waals surface area contributed by atoms with E-state index in [4.69, 9.17) is 0 Å². The second kappa shape index (κ2) is 5.20. The summed E-state index contributed by atoms with van der Waals surface area (Å²) in [5, 5.41) is 5.35. The van der Waals surface area contributed by atoms with Crippen LogP contribution < -0.4 is 10.6 Å². The van der Waals surface area contributed by atoms with Crippen LogP contribution in [0.3, 0.4) is 0 Å². The summed E-state index contributed by atoms with van der Waals surface area (Å²) < 4.78 is 0. The topological polar surface area (TPSA) is 41.1 Å². The Kier molecular flexibility index (Phi) is 3.92. The van der Waals surface area contributed by atoms with Crippen LogP contribution >= 0.6 is 0 Å². The summed E-state index contributed by atoms with van der Waals surface area (Å²) in [6.07, 6.45) is 3.36. The molecule has 0 radical (unpaired) electrons. The highest BCUT2D eigenvalue weighted by Crippen LogP contribution is 2.13. The molecule has 1 aromatic rings. The van der Waals surface area contributed by atoms with Crippen LogP contribution in [0.1, 0.15) is 18.1 Å². The van der Waals surface area contributed by atoms with E-state index in [0.29, 0.717) is 0 Å². The molecular formula is C12H16N2O. The van der Waals surface area contributed by atoms with Gasteiger partial charge in [-0.2, -0.15) is 0 Å². The van der Waals surface area contributed by atoms with Crippen molar-refractivity contribution in [3.05, 3.63) is 41.6 Å². The van der Waals surface area contributed by atoms with Gasteiger partial charge in [-0.05, 0) is 44.0 Å². The van der Waals surface area contributed by atoms with Crippen LogP contribution in [-0.2, 0) is 0 Å². The predicted molar refractivity (Wildman–Crippen MR) is 62.9 cm³/mol. The molecule has 1 rings (SSSR count). The summed E-state index contributed by atoms with van der Waals surface area (Å²) in [6, 6.07) is 5.71. The van der Waals surface area contributed by atoms with E-state index in [2.05, 4.69) is 16.7 Å². The average molecular weight is 204 g/mol. The number of carbonyl (C=O) groups excluding carboxylic acids is 1. The van der Waals surface area contributed by atoms with Gasteiger partial charge in [-0.1, -0.05) is 12.1 Å². The Morgan fingerprint density at radius 2 is 1.80 bits per heavy atom. The van der Waals surface area contributed by atoms with E-state index in [0.717, 1.165) is 16.8 Å². The van der Waals surface area contributed by atoms with Crippen LogP contribution in [-0.4, -0.2) is 6.03 Å². The Morgan fingerprint density at radius 3 is 2.33 bits per heavy atom. The minimum atomic E-state index is -0.224. The third-order valence-electron chi connectivity index (χ3n) is 1.86. The fourth-order valence-electron chi connectivity index (χ4n) is 1.37. The first-order chi connectivity index (χ1) is 7.11. The van der Waals surface area contributed by atoms with Gasteiger partial charge < -0.3 is 10.6 Å². The SMILES string of the molecule is C/C=C/NC(=O)Nc1cc(C)cc(C)c1. The van der Waals surface area contributed by atoms with Crippen LogP contribution in [0, 0.1) is 13.8 Å². The molecule has 0 unspecified atom stereocenters. The molecule has 0 aliphatic carbocycles. The second-order valence-corrected chi connectivity index (χ2v) is 3.47. The molecule has 0 spiro atoms. The molecule has 15 heavy (non-hydrogen) atoms. The lowest BCUT2D eigenvalue weighted by Crippen LogP contribution is -2.23. The summed E-state index contributed by atoms with van der Waals surface area (Å²) >= 11 is 0. The lowest BCUT2D eigenvalue weighted by molar-refractivity contribution is 0.255. The van der Waals surface area contributed by atoms with Crippen LogP contribution in [0.2, 0.25) is 0 Å². The van der Waals surface area contributed by atoms with Gasteiger partial charge in [-0.3, -0.25) is 0 Å². The molecule has 0 aliphatic heterocycles.